The minimum atomic E-state index is -4.69. The van der Waals surface area contributed by atoms with Crippen LogP contribution in [0.25, 0.3) is 0 Å². The maximum absolute atomic E-state index is 13.5. The molecule has 0 unspecified atom stereocenters. The second-order valence-corrected chi connectivity index (χ2v) is 11.7. The number of benzene rings is 4. The fourth-order valence-electron chi connectivity index (χ4n) is 5.55. The Balaban J connectivity index is 1.19. The SMILES string of the molecule is COc1ccc(CC(=O)Nc2ccc(C(=O)N(CC(=O)O)Cc3ccc(OC(=O)c4ccc(N5CCCC5)cc4)cc3)cc2)c(C(F)(F)F)c1. The van der Waals surface area contributed by atoms with Crippen molar-refractivity contribution in [2.45, 2.75) is 32.0 Å². The number of ether oxygens (including phenoxy) is 2. The van der Waals surface area contributed by atoms with Crippen LogP contribution in [0.3, 0.4) is 0 Å². The number of halogens is 3. The minimum absolute atomic E-state index is 0.00566. The van der Waals surface area contributed by atoms with Crippen molar-refractivity contribution in [2.75, 3.05) is 37.0 Å². The summed E-state index contributed by atoms with van der Waals surface area (Å²) in [6, 6.07) is 22.4. The lowest BCUT2D eigenvalue weighted by Crippen LogP contribution is -2.35. The van der Waals surface area contributed by atoms with Gasteiger partial charge in [-0.05, 0) is 96.8 Å². The van der Waals surface area contributed by atoms with Gasteiger partial charge in [0, 0.05) is 36.6 Å². The Morgan fingerprint density at radius 2 is 1.46 bits per heavy atom. The third-order valence-electron chi connectivity index (χ3n) is 8.08. The lowest BCUT2D eigenvalue weighted by molar-refractivity contribution is -0.139. The van der Waals surface area contributed by atoms with Gasteiger partial charge in [0.25, 0.3) is 5.91 Å². The van der Waals surface area contributed by atoms with Crippen LogP contribution in [-0.4, -0.2) is 60.5 Å². The highest BCUT2D eigenvalue weighted by atomic mass is 19.4. The minimum Gasteiger partial charge on any atom is -0.497 e. The molecule has 2 N–H and O–H groups in total. The second kappa shape index (κ2) is 15.6. The number of carboxylic acid groups (broad SMARTS) is 1. The van der Waals surface area contributed by atoms with Crippen LogP contribution in [0.2, 0.25) is 0 Å². The van der Waals surface area contributed by atoms with E-state index in [1.807, 2.05) is 12.1 Å². The van der Waals surface area contributed by atoms with Crippen LogP contribution in [0.15, 0.2) is 91.0 Å². The number of esters is 1. The quantitative estimate of drug-likeness (QED) is 0.129. The van der Waals surface area contributed by atoms with Crippen molar-refractivity contribution in [3.63, 3.8) is 0 Å². The highest BCUT2D eigenvalue weighted by Crippen LogP contribution is 2.35. The lowest BCUT2D eigenvalue weighted by Gasteiger charge is -2.21. The van der Waals surface area contributed by atoms with E-state index in [1.54, 1.807) is 36.4 Å². The molecule has 0 aliphatic carbocycles. The Kier molecular flexibility index (Phi) is 11.0. The average Bonchev–Trinajstić information content (AvgIpc) is 3.64. The first kappa shape index (κ1) is 35.5. The van der Waals surface area contributed by atoms with Crippen LogP contribution in [-0.2, 0) is 28.7 Å². The normalized spacial score (nSPS) is 12.7. The van der Waals surface area contributed by atoms with Gasteiger partial charge in [-0.3, -0.25) is 14.4 Å². The number of nitrogens with zero attached hydrogens (tertiary/aromatic N) is 2. The van der Waals surface area contributed by atoms with Crippen LogP contribution < -0.4 is 19.7 Å². The molecule has 5 rings (SSSR count). The van der Waals surface area contributed by atoms with Crippen molar-refractivity contribution < 1.29 is 46.9 Å². The topological polar surface area (TPSA) is 125 Å². The van der Waals surface area contributed by atoms with Gasteiger partial charge in [0.05, 0.1) is 24.7 Å². The number of aliphatic carboxylic acids is 1. The molecule has 0 radical (unpaired) electrons. The summed E-state index contributed by atoms with van der Waals surface area (Å²) in [4.78, 5) is 53.6. The van der Waals surface area contributed by atoms with Gasteiger partial charge in [-0.25, -0.2) is 4.79 Å². The first-order valence-electron chi connectivity index (χ1n) is 15.7. The summed E-state index contributed by atoms with van der Waals surface area (Å²) in [6.07, 6.45) is -2.96. The Morgan fingerprint density at radius 1 is 0.840 bits per heavy atom. The number of carbonyl (C=O) groups is 4. The molecule has 4 aromatic carbocycles. The summed E-state index contributed by atoms with van der Waals surface area (Å²) in [5.41, 5.74) is 1.16. The zero-order chi connectivity index (χ0) is 35.8. The third-order valence-corrected chi connectivity index (χ3v) is 8.08. The highest BCUT2D eigenvalue weighted by Gasteiger charge is 2.34. The number of amides is 2. The maximum Gasteiger partial charge on any atom is 0.416 e. The molecule has 4 aromatic rings. The highest BCUT2D eigenvalue weighted by molar-refractivity contribution is 5.97. The van der Waals surface area contributed by atoms with Gasteiger partial charge in [-0.2, -0.15) is 13.2 Å². The van der Waals surface area contributed by atoms with Gasteiger partial charge in [0.15, 0.2) is 0 Å². The first-order valence-corrected chi connectivity index (χ1v) is 15.7. The predicted octanol–water partition coefficient (Wildman–Crippen LogP) is 6.44. The van der Waals surface area contributed by atoms with E-state index >= 15 is 0 Å². The van der Waals surface area contributed by atoms with E-state index in [2.05, 4.69) is 10.2 Å². The number of carbonyl (C=O) groups excluding carboxylic acids is 3. The standard InChI is InChI=1S/C37H34F3N3O7/c1-49-31-17-10-27(32(21-31)37(38,39)40)20-33(44)41-28-11-6-25(7-12-28)35(47)43(23-34(45)46)22-24-4-15-30(16-5-24)50-36(48)26-8-13-29(14-9-26)42-18-2-3-19-42/h4-17,21H,2-3,18-20,22-23H2,1H3,(H,41,44)(H,45,46). The van der Waals surface area contributed by atoms with Gasteiger partial charge >= 0.3 is 18.1 Å². The van der Waals surface area contributed by atoms with Crippen LogP contribution in [0.5, 0.6) is 11.5 Å². The molecule has 0 aromatic heterocycles. The van der Waals surface area contributed by atoms with Crippen molar-refractivity contribution in [1.82, 2.24) is 4.90 Å². The van der Waals surface area contributed by atoms with Gasteiger partial charge in [-0.1, -0.05) is 18.2 Å². The fraction of sp³-hybridized carbons (Fsp3) is 0.243. The van der Waals surface area contributed by atoms with Gasteiger partial charge < -0.3 is 29.7 Å². The molecule has 1 fully saturated rings. The Bertz CT molecular complexity index is 1840. The molecule has 13 heteroatoms. The van der Waals surface area contributed by atoms with Crippen LogP contribution in [0.1, 0.15) is 50.2 Å². The Morgan fingerprint density at radius 3 is 2.06 bits per heavy atom. The van der Waals surface area contributed by atoms with Crippen LogP contribution in [0.4, 0.5) is 24.5 Å². The number of hydrogen-bond donors (Lipinski definition) is 2. The summed E-state index contributed by atoms with van der Waals surface area (Å²) in [7, 11) is 1.24. The van der Waals surface area contributed by atoms with Gasteiger partial charge in [0.1, 0.15) is 18.0 Å². The summed E-state index contributed by atoms with van der Waals surface area (Å²) < 4.78 is 51.0. The molecule has 1 aliphatic heterocycles. The Hall–Kier alpha value is -5.85. The van der Waals surface area contributed by atoms with Crippen LogP contribution in [0, 0.1) is 0 Å². The number of anilines is 2. The van der Waals surface area contributed by atoms with Crippen LogP contribution >= 0.6 is 0 Å². The zero-order valence-electron chi connectivity index (χ0n) is 27.0. The largest absolute Gasteiger partial charge is 0.497 e. The monoisotopic (exact) mass is 689 g/mol. The van der Waals surface area contributed by atoms with E-state index < -0.39 is 48.5 Å². The van der Waals surface area contributed by atoms with E-state index in [4.69, 9.17) is 9.47 Å². The average molecular weight is 690 g/mol. The van der Waals surface area contributed by atoms with Gasteiger partial charge in [-0.15, -0.1) is 0 Å². The molecule has 50 heavy (non-hydrogen) atoms. The summed E-state index contributed by atoms with van der Waals surface area (Å²) in [5.74, 6) is -2.80. The number of carboxylic acids is 1. The van der Waals surface area contributed by atoms with Gasteiger partial charge in [0.2, 0.25) is 5.91 Å². The maximum atomic E-state index is 13.5. The van der Waals surface area contributed by atoms with Crippen molar-refractivity contribution in [3.8, 4) is 11.5 Å². The summed E-state index contributed by atoms with van der Waals surface area (Å²) in [5, 5.41) is 12.0. The van der Waals surface area contributed by atoms with E-state index in [0.717, 1.165) is 42.6 Å². The molecular weight excluding hydrogens is 655 g/mol. The van der Waals surface area contributed by atoms with Crippen molar-refractivity contribution in [1.29, 1.82) is 0 Å². The number of hydrogen-bond acceptors (Lipinski definition) is 7. The molecule has 0 spiro atoms. The van der Waals surface area contributed by atoms with Crippen molar-refractivity contribution >= 4 is 35.1 Å². The molecule has 0 saturated carbocycles. The third kappa shape index (κ3) is 9.19. The number of rotatable bonds is 12. The molecule has 0 bridgehead atoms. The molecule has 2 amide bonds. The van der Waals surface area contributed by atoms with Crippen molar-refractivity contribution in [2.24, 2.45) is 0 Å². The molecular formula is C37H34F3N3O7. The van der Waals surface area contributed by atoms with E-state index in [9.17, 15) is 37.5 Å². The fourth-order valence-corrected chi connectivity index (χ4v) is 5.55. The second-order valence-electron chi connectivity index (χ2n) is 11.7. The first-order chi connectivity index (χ1) is 23.9. The predicted molar refractivity (Wildman–Crippen MR) is 178 cm³/mol. The van der Waals surface area contributed by atoms with E-state index in [1.165, 1.54) is 43.5 Å². The number of alkyl halides is 3. The number of nitrogens with one attached hydrogen (secondary N) is 1. The summed E-state index contributed by atoms with van der Waals surface area (Å²) in [6.45, 7) is 1.30. The van der Waals surface area contributed by atoms with Crippen molar-refractivity contribution in [3.05, 3.63) is 119 Å². The van der Waals surface area contributed by atoms with E-state index in [0.29, 0.717) is 11.1 Å². The summed E-state index contributed by atoms with van der Waals surface area (Å²) >= 11 is 0. The lowest BCUT2D eigenvalue weighted by atomic mass is 10.0. The molecule has 10 nitrogen and oxygen atoms in total. The molecule has 1 heterocycles. The van der Waals surface area contributed by atoms with E-state index in [-0.39, 0.29) is 34.9 Å². The molecule has 260 valence electrons. The molecule has 0 atom stereocenters. The molecule has 1 saturated heterocycles. The Labute approximate surface area is 286 Å². The zero-order valence-corrected chi connectivity index (χ0v) is 27.0. The smallest absolute Gasteiger partial charge is 0.416 e. The molecule has 1 aliphatic rings. The number of methoxy groups -OCH3 is 1.